The van der Waals surface area contributed by atoms with E-state index >= 15 is 0 Å². The van der Waals surface area contributed by atoms with E-state index in [2.05, 4.69) is 104 Å². The Hall–Kier alpha value is -2.63. The molecule has 7 atom stereocenters. The molecule has 0 aromatic rings. The number of unbranched alkanes of at least 4 members (excludes halogenated alkanes) is 33. The first kappa shape index (κ1) is 74.4. The molecule has 0 radical (unpaired) electrons. The summed E-state index contributed by atoms with van der Waals surface area (Å²) >= 11 is 0. The molecule has 0 saturated carbocycles. The third-order valence-corrected chi connectivity index (χ3v) is 15.5. The lowest BCUT2D eigenvalue weighted by molar-refractivity contribution is -0.302. The predicted molar refractivity (Wildman–Crippen MR) is 336 cm³/mol. The van der Waals surface area contributed by atoms with E-state index in [0.717, 1.165) is 70.6 Å². The molecule has 0 aliphatic carbocycles. The number of nitrogens with one attached hydrogen (secondary N) is 1. The van der Waals surface area contributed by atoms with Gasteiger partial charge in [-0.05, 0) is 64.2 Å². The molecule has 1 rings (SSSR count). The number of amides is 1. The summed E-state index contributed by atoms with van der Waals surface area (Å²) in [5.41, 5.74) is 0. The van der Waals surface area contributed by atoms with Gasteiger partial charge in [0.25, 0.3) is 0 Å². The minimum atomic E-state index is -1.57. The van der Waals surface area contributed by atoms with E-state index in [1.54, 1.807) is 0 Å². The Bertz CT molecular complexity index is 1520. The van der Waals surface area contributed by atoms with E-state index in [9.17, 15) is 30.3 Å². The summed E-state index contributed by atoms with van der Waals surface area (Å²) in [4.78, 5) is 13.1. The number of aliphatic hydroxyl groups is 5. The van der Waals surface area contributed by atoms with Gasteiger partial charge < -0.3 is 40.3 Å². The van der Waals surface area contributed by atoms with Crippen molar-refractivity contribution in [1.29, 1.82) is 0 Å². The maximum Gasteiger partial charge on any atom is 0.220 e. The Morgan fingerprint density at radius 2 is 0.772 bits per heavy atom. The molecule has 0 aromatic carbocycles. The highest BCUT2D eigenvalue weighted by atomic mass is 16.7. The summed E-state index contributed by atoms with van der Waals surface area (Å²) in [6, 6.07) is -0.758. The first-order chi connectivity index (χ1) is 38.8. The summed E-state index contributed by atoms with van der Waals surface area (Å²) in [5.74, 6) is -0.201. The van der Waals surface area contributed by atoms with Gasteiger partial charge in [-0.25, -0.2) is 0 Å². The Morgan fingerprint density at radius 3 is 1.11 bits per heavy atom. The second kappa shape index (κ2) is 58.6. The Kier molecular flexibility index (Phi) is 55.1. The topological polar surface area (TPSA) is 149 Å². The maximum atomic E-state index is 13.1. The normalized spacial score (nSPS) is 19.1. The molecule has 1 saturated heterocycles. The molecule has 7 unspecified atom stereocenters. The summed E-state index contributed by atoms with van der Waals surface area (Å²) in [5, 5.41) is 54.8. The number of carbonyl (C=O) groups excluding carboxylic acids is 1. The van der Waals surface area contributed by atoms with Crippen LogP contribution < -0.4 is 5.32 Å². The molecule has 0 aromatic heterocycles. The van der Waals surface area contributed by atoms with Crippen molar-refractivity contribution in [2.75, 3.05) is 13.2 Å². The van der Waals surface area contributed by atoms with E-state index in [1.165, 1.54) is 193 Å². The molecule has 6 N–H and O–H groups in total. The number of rotatable bonds is 57. The molecule has 1 heterocycles. The number of hydrogen-bond acceptors (Lipinski definition) is 8. The van der Waals surface area contributed by atoms with E-state index in [-0.39, 0.29) is 18.9 Å². The molecule has 1 fully saturated rings. The van der Waals surface area contributed by atoms with E-state index in [1.807, 2.05) is 0 Å². The van der Waals surface area contributed by atoms with Crippen LogP contribution in [0.2, 0.25) is 0 Å². The van der Waals surface area contributed by atoms with Crippen molar-refractivity contribution in [3.8, 4) is 0 Å². The first-order valence-electron chi connectivity index (χ1n) is 33.3. The summed E-state index contributed by atoms with van der Waals surface area (Å²) in [7, 11) is 0. The molecule has 1 amide bonds. The van der Waals surface area contributed by atoms with Gasteiger partial charge in [0.15, 0.2) is 6.29 Å². The minimum Gasteiger partial charge on any atom is -0.394 e. The summed E-state index contributed by atoms with van der Waals surface area (Å²) in [6.07, 6.45) is 76.5. The zero-order valence-corrected chi connectivity index (χ0v) is 51.1. The summed E-state index contributed by atoms with van der Waals surface area (Å²) in [6.45, 7) is 3.72. The van der Waals surface area contributed by atoms with Crippen LogP contribution in [0.4, 0.5) is 0 Å². The number of ether oxygens (including phenoxy) is 2. The fraction of sp³-hybridized carbons (Fsp3) is 0.786. The zero-order valence-electron chi connectivity index (χ0n) is 51.1. The molecular weight excluding hydrogens is 983 g/mol. The molecule has 458 valence electrons. The Morgan fingerprint density at radius 1 is 0.443 bits per heavy atom. The van der Waals surface area contributed by atoms with Crippen LogP contribution in [0.5, 0.6) is 0 Å². The average Bonchev–Trinajstić information content (AvgIpc) is 3.47. The van der Waals surface area contributed by atoms with Crippen LogP contribution in [-0.2, 0) is 14.3 Å². The van der Waals surface area contributed by atoms with E-state index in [4.69, 9.17) is 9.47 Å². The molecule has 0 spiro atoms. The predicted octanol–water partition coefficient (Wildman–Crippen LogP) is 17.7. The van der Waals surface area contributed by atoms with Crippen LogP contribution in [0, 0.1) is 0 Å². The molecule has 1 aliphatic heterocycles. The van der Waals surface area contributed by atoms with Crippen LogP contribution in [0.15, 0.2) is 85.1 Å². The van der Waals surface area contributed by atoms with Gasteiger partial charge in [-0.2, -0.15) is 0 Å². The van der Waals surface area contributed by atoms with Crippen molar-refractivity contribution in [3.63, 3.8) is 0 Å². The van der Waals surface area contributed by atoms with Crippen LogP contribution in [0.3, 0.4) is 0 Å². The fourth-order valence-corrected chi connectivity index (χ4v) is 10.3. The van der Waals surface area contributed by atoms with Crippen molar-refractivity contribution < 1.29 is 39.8 Å². The highest BCUT2D eigenvalue weighted by molar-refractivity contribution is 5.76. The second-order valence-corrected chi connectivity index (χ2v) is 22.9. The molecule has 1 aliphatic rings. The van der Waals surface area contributed by atoms with Gasteiger partial charge in [0, 0.05) is 6.42 Å². The number of allylic oxidation sites excluding steroid dienone is 14. The van der Waals surface area contributed by atoms with Gasteiger partial charge in [0.1, 0.15) is 24.4 Å². The Labute approximate surface area is 486 Å². The number of carbonyl (C=O) groups is 1. The SMILES string of the molecule is CC/C=C\C/C=C\C/C=C\C/C=C\C/C=C\C/C=C\C/C=C\CCCC(=O)NC(COC1OC(CO)C(O)C(O)C1O)C(O)CCCCCCCCCCCCCCCCCCCCCCCCCCCCCCCCCCC. The average molecular weight is 1110 g/mol. The van der Waals surface area contributed by atoms with Crippen molar-refractivity contribution in [1.82, 2.24) is 5.32 Å². The first-order valence-corrected chi connectivity index (χ1v) is 33.3. The van der Waals surface area contributed by atoms with Crippen LogP contribution in [0.1, 0.15) is 296 Å². The third kappa shape index (κ3) is 47.6. The monoisotopic (exact) mass is 1110 g/mol. The van der Waals surface area contributed by atoms with E-state index < -0.39 is 49.5 Å². The lowest BCUT2D eigenvalue weighted by Gasteiger charge is -2.40. The van der Waals surface area contributed by atoms with Crippen LogP contribution in [-0.4, -0.2) is 87.5 Å². The number of aliphatic hydroxyl groups excluding tert-OH is 5. The van der Waals surface area contributed by atoms with Gasteiger partial charge in [0.2, 0.25) is 5.91 Å². The molecule has 9 nitrogen and oxygen atoms in total. The fourth-order valence-electron chi connectivity index (χ4n) is 10.3. The largest absolute Gasteiger partial charge is 0.394 e. The molecule has 9 heteroatoms. The molecule has 0 bridgehead atoms. The van der Waals surface area contributed by atoms with Crippen LogP contribution in [0.25, 0.3) is 0 Å². The van der Waals surface area contributed by atoms with Crippen molar-refractivity contribution in [2.45, 2.75) is 339 Å². The van der Waals surface area contributed by atoms with Gasteiger partial charge in [0.05, 0.1) is 25.4 Å². The maximum absolute atomic E-state index is 13.1. The highest BCUT2D eigenvalue weighted by Gasteiger charge is 2.44. The van der Waals surface area contributed by atoms with Gasteiger partial charge >= 0.3 is 0 Å². The smallest absolute Gasteiger partial charge is 0.220 e. The van der Waals surface area contributed by atoms with Crippen LogP contribution >= 0.6 is 0 Å². The minimum absolute atomic E-state index is 0.166. The van der Waals surface area contributed by atoms with E-state index in [0.29, 0.717) is 12.8 Å². The lowest BCUT2D eigenvalue weighted by atomic mass is 9.99. The van der Waals surface area contributed by atoms with Crippen molar-refractivity contribution in [3.05, 3.63) is 85.1 Å². The van der Waals surface area contributed by atoms with Gasteiger partial charge in [-0.15, -0.1) is 0 Å². The van der Waals surface area contributed by atoms with Crippen molar-refractivity contribution in [2.24, 2.45) is 0 Å². The summed E-state index contributed by atoms with van der Waals surface area (Å²) < 4.78 is 11.3. The zero-order chi connectivity index (χ0) is 57.2. The van der Waals surface area contributed by atoms with Gasteiger partial charge in [-0.1, -0.05) is 311 Å². The molecular formula is C70H125NO8. The number of hydrogen-bond donors (Lipinski definition) is 6. The quantitative estimate of drug-likeness (QED) is 0.0261. The highest BCUT2D eigenvalue weighted by Crippen LogP contribution is 2.23. The molecule has 79 heavy (non-hydrogen) atoms. The lowest BCUT2D eigenvalue weighted by Crippen LogP contribution is -2.60. The van der Waals surface area contributed by atoms with Crippen molar-refractivity contribution >= 4 is 5.91 Å². The standard InChI is InChI=1S/C70H125NO8/c1-3-5-7-9-11-13-15-17-19-21-23-25-27-28-29-30-31-32-33-34-35-36-38-39-41-43-45-47-49-51-53-55-57-59-64(73)63(62-78-70-69(77)68(76)67(75)65(61-72)79-70)71-66(74)60-58-56-54-52-50-48-46-44-42-40-37-26-24-22-20-18-16-14-12-10-8-6-4-2/h6,8,12,14,18,20,24,26,40,42,46,48,52,54,63-65,67-70,72-73,75-77H,3-5,7,9-11,13,15-17,19,21-23,25,27-39,41,43-45,47,49-51,53,55-62H2,1-2H3,(H,71,74)/b8-6-,14-12-,20-18-,26-24-,42-40-,48-46-,54-52-. The van der Waals surface area contributed by atoms with Gasteiger partial charge in [-0.3, -0.25) is 4.79 Å². The second-order valence-electron chi connectivity index (χ2n) is 22.9. The Balaban J connectivity index is 2.16. The third-order valence-electron chi connectivity index (χ3n) is 15.5.